The van der Waals surface area contributed by atoms with Crippen LogP contribution in [0, 0.1) is 0 Å². The SMILES string of the molecule is C=CC[SiH](C)CO[Si](C)(C)CC[Si]1(C)O[Si](C)(C)O[Si](C)(CC)O[Si](C)(CC[Si](C)(C)O[Si](C)(C)C=C)O1. The summed E-state index contributed by atoms with van der Waals surface area (Å²) < 4.78 is 41.5. The van der Waals surface area contributed by atoms with Crippen LogP contribution in [-0.2, 0) is 25.0 Å². The average molecular weight is 669 g/mol. The predicted octanol–water partition coefficient (Wildman–Crippen LogP) is 7.96. The summed E-state index contributed by atoms with van der Waals surface area (Å²) >= 11 is 0. The van der Waals surface area contributed by atoms with E-state index >= 15 is 0 Å². The molecular formula is C24H60O6Si8. The fourth-order valence-corrected chi connectivity index (χ4v) is 44.3. The number of allylic oxidation sites excluding steroid dienone is 1. The molecule has 0 aromatic heterocycles. The van der Waals surface area contributed by atoms with Crippen molar-refractivity contribution in [2.24, 2.45) is 0 Å². The van der Waals surface area contributed by atoms with Gasteiger partial charge in [0.1, 0.15) is 0 Å². The lowest BCUT2D eigenvalue weighted by molar-refractivity contribution is 0.227. The zero-order valence-corrected chi connectivity index (χ0v) is 35.2. The van der Waals surface area contributed by atoms with E-state index in [0.717, 1.165) is 42.5 Å². The molecule has 0 N–H and O–H groups in total. The Balaban J connectivity index is 3.17. The molecule has 224 valence electrons. The highest BCUT2D eigenvalue weighted by Gasteiger charge is 2.55. The van der Waals surface area contributed by atoms with Crippen molar-refractivity contribution in [1.82, 2.24) is 0 Å². The van der Waals surface area contributed by atoms with Gasteiger partial charge in [-0.1, -0.05) is 25.2 Å². The first-order valence-electron chi connectivity index (χ1n) is 14.4. The van der Waals surface area contributed by atoms with Crippen LogP contribution >= 0.6 is 0 Å². The Labute approximate surface area is 244 Å². The van der Waals surface area contributed by atoms with Gasteiger partial charge in [0.2, 0.25) is 0 Å². The quantitative estimate of drug-likeness (QED) is 0.130. The van der Waals surface area contributed by atoms with Crippen LogP contribution < -0.4 is 0 Å². The second-order valence-electron chi connectivity index (χ2n) is 13.9. The van der Waals surface area contributed by atoms with E-state index in [1.807, 2.05) is 11.8 Å². The van der Waals surface area contributed by atoms with E-state index in [2.05, 4.69) is 98.6 Å². The topological polar surface area (TPSA) is 55.4 Å². The van der Waals surface area contributed by atoms with Gasteiger partial charge in [-0.25, -0.2) is 0 Å². The zero-order valence-electron chi connectivity index (χ0n) is 27.0. The fourth-order valence-electron chi connectivity index (χ4n) is 5.04. The third-order valence-electron chi connectivity index (χ3n) is 7.15. The van der Waals surface area contributed by atoms with Crippen LogP contribution in [-0.4, -0.2) is 74.2 Å². The van der Waals surface area contributed by atoms with Gasteiger partial charge in [0, 0.05) is 6.23 Å². The Morgan fingerprint density at radius 2 is 1.24 bits per heavy atom. The van der Waals surface area contributed by atoms with Gasteiger partial charge in [-0.15, -0.1) is 13.2 Å². The molecule has 38 heavy (non-hydrogen) atoms. The molecule has 0 amide bonds. The van der Waals surface area contributed by atoms with Gasteiger partial charge in [0.05, 0.1) is 8.80 Å². The van der Waals surface area contributed by atoms with Crippen LogP contribution in [0.1, 0.15) is 6.92 Å². The summed E-state index contributed by atoms with van der Waals surface area (Å²) in [5.74, 6) is 0. The van der Waals surface area contributed by atoms with Crippen LogP contribution in [0.5, 0.6) is 0 Å². The Morgan fingerprint density at radius 3 is 1.74 bits per heavy atom. The van der Waals surface area contributed by atoms with Crippen molar-refractivity contribution in [2.75, 3.05) is 6.23 Å². The smallest absolute Gasteiger partial charge is 0.317 e. The molecule has 6 nitrogen and oxygen atoms in total. The van der Waals surface area contributed by atoms with Crippen LogP contribution in [0.2, 0.25) is 115 Å². The zero-order chi connectivity index (χ0) is 29.7. The van der Waals surface area contributed by atoms with Crippen molar-refractivity contribution in [3.05, 3.63) is 24.9 Å². The molecule has 1 fully saturated rings. The lowest BCUT2D eigenvalue weighted by Crippen LogP contribution is -2.66. The first-order chi connectivity index (χ1) is 17.0. The molecule has 4 unspecified atom stereocenters. The Bertz CT molecular complexity index is 798. The van der Waals surface area contributed by atoms with Gasteiger partial charge in [-0.3, -0.25) is 0 Å². The summed E-state index contributed by atoms with van der Waals surface area (Å²) in [7, 11) is -16.5. The molecule has 1 rings (SSSR count). The summed E-state index contributed by atoms with van der Waals surface area (Å²) in [6, 6.07) is 5.89. The molecule has 0 bridgehead atoms. The highest BCUT2D eigenvalue weighted by molar-refractivity contribution is 6.94. The maximum atomic E-state index is 7.25. The first kappa shape index (κ1) is 37.0. The van der Waals surface area contributed by atoms with Crippen LogP contribution in [0.4, 0.5) is 0 Å². The summed E-state index contributed by atoms with van der Waals surface area (Å²) in [6.45, 7) is 37.3. The van der Waals surface area contributed by atoms with Gasteiger partial charge in [0.15, 0.2) is 25.0 Å². The third-order valence-corrected chi connectivity index (χ3v) is 37.4. The van der Waals surface area contributed by atoms with Crippen molar-refractivity contribution in [2.45, 2.75) is 122 Å². The van der Waals surface area contributed by atoms with Crippen molar-refractivity contribution in [3.63, 3.8) is 0 Å². The minimum atomic E-state index is -2.60. The average Bonchev–Trinajstić information content (AvgIpc) is 2.73. The van der Waals surface area contributed by atoms with E-state index in [0.29, 0.717) is 0 Å². The second kappa shape index (κ2) is 14.0. The molecule has 0 aromatic carbocycles. The fraction of sp³-hybridized carbons (Fsp3) is 0.833. The van der Waals surface area contributed by atoms with Gasteiger partial charge >= 0.3 is 34.2 Å². The van der Waals surface area contributed by atoms with Gasteiger partial charge < -0.3 is 25.0 Å². The molecule has 0 aliphatic carbocycles. The van der Waals surface area contributed by atoms with Crippen molar-refractivity contribution >= 4 is 68.0 Å². The normalized spacial score (nSPS) is 29.8. The molecule has 14 heteroatoms. The first-order valence-corrected chi connectivity index (χ1v) is 36.8. The van der Waals surface area contributed by atoms with Crippen molar-refractivity contribution in [1.29, 1.82) is 0 Å². The Kier molecular flexibility index (Phi) is 13.6. The molecule has 0 radical (unpaired) electrons. The van der Waals surface area contributed by atoms with Gasteiger partial charge in [-0.05, 0) is 108 Å². The van der Waals surface area contributed by atoms with Gasteiger partial charge in [0.25, 0.3) is 0 Å². The summed E-state index contributed by atoms with van der Waals surface area (Å²) in [6.07, 6.45) is 2.97. The molecule has 0 spiro atoms. The van der Waals surface area contributed by atoms with E-state index < -0.39 is 68.0 Å². The van der Waals surface area contributed by atoms with E-state index in [1.54, 1.807) is 0 Å². The molecule has 1 heterocycles. The minimum Gasteiger partial charge on any atom is -0.453 e. The lowest BCUT2D eigenvalue weighted by atomic mass is 10.8. The second-order valence-corrected chi connectivity index (χ2v) is 44.3. The van der Waals surface area contributed by atoms with Crippen LogP contribution in [0.3, 0.4) is 0 Å². The predicted molar refractivity (Wildman–Crippen MR) is 184 cm³/mol. The number of hydrogen-bond acceptors (Lipinski definition) is 6. The molecule has 1 saturated heterocycles. The van der Waals surface area contributed by atoms with E-state index in [1.165, 1.54) is 0 Å². The van der Waals surface area contributed by atoms with E-state index in [4.69, 9.17) is 25.0 Å². The Morgan fingerprint density at radius 1 is 0.763 bits per heavy atom. The summed E-state index contributed by atoms with van der Waals surface area (Å²) in [5.41, 5.74) is 2.04. The van der Waals surface area contributed by atoms with Crippen LogP contribution in [0.25, 0.3) is 0 Å². The molecular weight excluding hydrogens is 609 g/mol. The van der Waals surface area contributed by atoms with E-state index in [9.17, 15) is 0 Å². The van der Waals surface area contributed by atoms with Crippen molar-refractivity contribution < 1.29 is 25.0 Å². The van der Waals surface area contributed by atoms with Crippen LogP contribution in [0.15, 0.2) is 24.9 Å². The highest BCUT2D eigenvalue weighted by Crippen LogP contribution is 2.38. The molecule has 4 atom stereocenters. The standard InChI is InChI=1S/C24H60O6Si8/c1-16-19-31(4)24-25-33(7,8)20-22-37(14)28-35(11,12)27-36(13,18-3)29-38(15,30-37)23-21-34(9,10)26-32(5,6)17-2/h16-17,31H,1-2,18-24H2,3-15H3. The van der Waals surface area contributed by atoms with E-state index in [-0.39, 0.29) is 0 Å². The molecule has 1 aliphatic rings. The lowest BCUT2D eigenvalue weighted by Gasteiger charge is -2.50. The molecule has 0 aromatic rings. The number of rotatable bonds is 15. The highest BCUT2D eigenvalue weighted by atomic mass is 28.5. The number of hydrogen-bond donors (Lipinski definition) is 0. The monoisotopic (exact) mass is 668 g/mol. The van der Waals surface area contributed by atoms with Gasteiger partial charge in [-0.2, -0.15) is 0 Å². The molecule has 1 aliphatic heterocycles. The third kappa shape index (κ3) is 13.3. The van der Waals surface area contributed by atoms with Crippen molar-refractivity contribution in [3.8, 4) is 0 Å². The largest absolute Gasteiger partial charge is 0.453 e. The summed E-state index contributed by atoms with van der Waals surface area (Å²) in [5, 5.41) is 0. The maximum absolute atomic E-state index is 7.25. The minimum absolute atomic E-state index is 0.887. The summed E-state index contributed by atoms with van der Waals surface area (Å²) in [4.78, 5) is 0. The Hall–Kier alpha value is 0.975. The molecule has 0 saturated carbocycles. The maximum Gasteiger partial charge on any atom is 0.317 e.